The van der Waals surface area contributed by atoms with E-state index < -0.39 is 12.6 Å². The molecule has 0 aliphatic heterocycles. The minimum atomic E-state index is -4.12. The number of ether oxygens (including phenoxy) is 1. The van der Waals surface area contributed by atoms with E-state index >= 15 is 0 Å². The van der Waals surface area contributed by atoms with Crippen molar-refractivity contribution >= 4 is 0 Å². The number of alkyl halides is 3. The summed E-state index contributed by atoms with van der Waals surface area (Å²) < 4.78 is 38.7. The van der Waals surface area contributed by atoms with E-state index in [0.29, 0.717) is 6.61 Å². The number of halogens is 3. The number of allylic oxidation sites excluding steroid dienone is 1. The van der Waals surface area contributed by atoms with Crippen LogP contribution < -0.4 is 0 Å². The van der Waals surface area contributed by atoms with E-state index in [-0.39, 0.29) is 0 Å². The molecule has 0 aliphatic rings. The first-order valence-corrected chi connectivity index (χ1v) is 2.89. The van der Waals surface area contributed by atoms with Crippen LogP contribution in [0.15, 0.2) is 12.3 Å². The third-order valence-electron chi connectivity index (χ3n) is 0.708. The van der Waals surface area contributed by atoms with Gasteiger partial charge in [0, 0.05) is 0 Å². The maximum Gasteiger partial charge on any atom is 0.392 e. The Kier molecular flexibility index (Phi) is 3.91. The van der Waals surface area contributed by atoms with Crippen LogP contribution in [0.2, 0.25) is 0 Å². The van der Waals surface area contributed by atoms with Crippen molar-refractivity contribution in [2.75, 3.05) is 6.61 Å². The molecule has 0 amide bonds. The van der Waals surface area contributed by atoms with Crippen LogP contribution in [0.5, 0.6) is 0 Å². The van der Waals surface area contributed by atoms with Crippen LogP contribution in [0.25, 0.3) is 0 Å². The Morgan fingerprint density at radius 2 is 2.00 bits per heavy atom. The van der Waals surface area contributed by atoms with Crippen LogP contribution in [-0.2, 0) is 4.74 Å². The molecule has 0 radical (unpaired) electrons. The molecule has 60 valence electrons. The van der Waals surface area contributed by atoms with Gasteiger partial charge in [0.1, 0.15) is 0 Å². The van der Waals surface area contributed by atoms with Crippen molar-refractivity contribution in [3.05, 3.63) is 12.3 Å². The lowest BCUT2D eigenvalue weighted by atomic mass is 10.4. The van der Waals surface area contributed by atoms with E-state index in [1.54, 1.807) is 6.92 Å². The first kappa shape index (κ1) is 9.33. The Hall–Kier alpha value is -0.670. The third-order valence-corrected chi connectivity index (χ3v) is 0.708. The molecular weight excluding hydrogens is 145 g/mol. The second-order valence-electron chi connectivity index (χ2n) is 1.65. The van der Waals surface area contributed by atoms with Gasteiger partial charge >= 0.3 is 6.18 Å². The van der Waals surface area contributed by atoms with Crippen LogP contribution >= 0.6 is 0 Å². The second-order valence-corrected chi connectivity index (χ2v) is 1.65. The molecule has 1 nitrogen and oxygen atoms in total. The summed E-state index contributed by atoms with van der Waals surface area (Å²) in [6.45, 7) is 2.10. The fourth-order valence-corrected chi connectivity index (χ4v) is 0.346. The fourth-order valence-electron chi connectivity index (χ4n) is 0.346. The van der Waals surface area contributed by atoms with Crippen LogP contribution in [0, 0.1) is 0 Å². The predicted molar refractivity (Wildman–Crippen MR) is 31.4 cm³/mol. The fraction of sp³-hybridized carbons (Fsp3) is 0.667. The van der Waals surface area contributed by atoms with Crippen molar-refractivity contribution in [1.29, 1.82) is 0 Å². The Morgan fingerprint density at radius 3 is 2.40 bits per heavy atom. The van der Waals surface area contributed by atoms with Crippen LogP contribution in [0.3, 0.4) is 0 Å². The van der Waals surface area contributed by atoms with Crippen molar-refractivity contribution in [2.45, 2.75) is 19.5 Å². The van der Waals surface area contributed by atoms with Gasteiger partial charge in [-0.05, 0) is 13.0 Å². The molecule has 0 unspecified atom stereocenters. The highest BCUT2D eigenvalue weighted by Crippen LogP contribution is 2.19. The topological polar surface area (TPSA) is 9.23 Å². The Balaban J connectivity index is 3.34. The molecule has 0 fully saturated rings. The molecule has 0 saturated heterocycles. The Morgan fingerprint density at radius 1 is 1.40 bits per heavy atom. The summed E-state index contributed by atoms with van der Waals surface area (Å²) in [6.07, 6.45) is -3.03. The Bertz CT molecular complexity index is 106. The molecule has 4 heteroatoms. The molecule has 0 heterocycles. The predicted octanol–water partition coefficient (Wildman–Crippen LogP) is 2.49. The van der Waals surface area contributed by atoms with Crippen molar-refractivity contribution in [1.82, 2.24) is 0 Å². The molecule has 0 aromatic rings. The molecule has 0 aromatic carbocycles. The first-order valence-electron chi connectivity index (χ1n) is 2.89. The van der Waals surface area contributed by atoms with Gasteiger partial charge in [-0.3, -0.25) is 0 Å². The van der Waals surface area contributed by atoms with E-state index in [1.807, 2.05) is 0 Å². The standard InChI is InChI=1S/C6H9F3O/c1-2-10-5-3-4-6(7,8)9/h3,5H,2,4H2,1H3/b5-3+. The van der Waals surface area contributed by atoms with E-state index in [2.05, 4.69) is 4.74 Å². The number of rotatable bonds is 3. The molecule has 0 aliphatic carbocycles. The summed E-state index contributed by atoms with van der Waals surface area (Å²) in [4.78, 5) is 0. The summed E-state index contributed by atoms with van der Waals surface area (Å²) in [6, 6.07) is 0. The number of hydrogen-bond donors (Lipinski definition) is 0. The van der Waals surface area contributed by atoms with Crippen molar-refractivity contribution in [2.24, 2.45) is 0 Å². The lowest BCUT2D eigenvalue weighted by Crippen LogP contribution is -2.04. The van der Waals surface area contributed by atoms with E-state index in [0.717, 1.165) is 12.3 Å². The van der Waals surface area contributed by atoms with Gasteiger partial charge < -0.3 is 4.74 Å². The smallest absolute Gasteiger partial charge is 0.392 e. The molecule has 0 bridgehead atoms. The summed E-state index contributed by atoms with van der Waals surface area (Å²) in [5.74, 6) is 0. The van der Waals surface area contributed by atoms with Crippen molar-refractivity contribution < 1.29 is 17.9 Å². The molecule has 0 spiro atoms. The maximum atomic E-state index is 11.4. The van der Waals surface area contributed by atoms with E-state index in [9.17, 15) is 13.2 Å². The molecule has 0 aromatic heterocycles. The van der Waals surface area contributed by atoms with Crippen molar-refractivity contribution in [3.8, 4) is 0 Å². The van der Waals surface area contributed by atoms with Crippen LogP contribution in [0.4, 0.5) is 13.2 Å². The zero-order chi connectivity index (χ0) is 8.04. The van der Waals surface area contributed by atoms with Gasteiger partial charge in [-0.2, -0.15) is 13.2 Å². The maximum absolute atomic E-state index is 11.4. The van der Waals surface area contributed by atoms with Crippen LogP contribution in [-0.4, -0.2) is 12.8 Å². The second kappa shape index (κ2) is 4.19. The molecule has 0 atom stereocenters. The van der Waals surface area contributed by atoms with Crippen LogP contribution in [0.1, 0.15) is 13.3 Å². The average Bonchev–Trinajstić information content (AvgIpc) is 1.78. The van der Waals surface area contributed by atoms with E-state index in [4.69, 9.17) is 0 Å². The highest BCUT2D eigenvalue weighted by Gasteiger charge is 2.24. The normalized spacial score (nSPS) is 12.4. The zero-order valence-electron chi connectivity index (χ0n) is 5.61. The van der Waals surface area contributed by atoms with Gasteiger partial charge in [0.05, 0.1) is 19.3 Å². The summed E-state index contributed by atoms with van der Waals surface area (Å²) in [5, 5.41) is 0. The van der Waals surface area contributed by atoms with Gasteiger partial charge in [-0.15, -0.1) is 0 Å². The minimum absolute atomic E-state index is 0.397. The molecule has 10 heavy (non-hydrogen) atoms. The quantitative estimate of drug-likeness (QED) is 0.567. The summed E-state index contributed by atoms with van der Waals surface area (Å²) in [7, 11) is 0. The third kappa shape index (κ3) is 7.33. The SMILES string of the molecule is CCO/C=C/CC(F)(F)F. The molecule has 0 saturated carbocycles. The summed E-state index contributed by atoms with van der Waals surface area (Å²) in [5.41, 5.74) is 0. The zero-order valence-corrected chi connectivity index (χ0v) is 5.61. The van der Waals surface area contributed by atoms with E-state index in [1.165, 1.54) is 0 Å². The summed E-state index contributed by atoms with van der Waals surface area (Å²) >= 11 is 0. The van der Waals surface area contributed by atoms with Gasteiger partial charge in [0.25, 0.3) is 0 Å². The van der Waals surface area contributed by atoms with Crippen molar-refractivity contribution in [3.63, 3.8) is 0 Å². The molecular formula is C6H9F3O. The lowest BCUT2D eigenvalue weighted by Gasteiger charge is -1.99. The highest BCUT2D eigenvalue weighted by atomic mass is 19.4. The lowest BCUT2D eigenvalue weighted by molar-refractivity contribution is -0.125. The average molecular weight is 154 g/mol. The monoisotopic (exact) mass is 154 g/mol. The highest BCUT2D eigenvalue weighted by molar-refractivity contribution is 4.76. The first-order chi connectivity index (χ1) is 4.56. The van der Waals surface area contributed by atoms with Gasteiger partial charge in [-0.25, -0.2) is 0 Å². The molecule has 0 rings (SSSR count). The Labute approximate surface area is 57.5 Å². The number of hydrogen-bond acceptors (Lipinski definition) is 1. The largest absolute Gasteiger partial charge is 0.502 e. The van der Waals surface area contributed by atoms with Gasteiger partial charge in [-0.1, -0.05) is 0 Å². The minimum Gasteiger partial charge on any atom is -0.502 e. The molecule has 0 N–H and O–H groups in total. The van der Waals surface area contributed by atoms with Gasteiger partial charge in [0.15, 0.2) is 0 Å². The van der Waals surface area contributed by atoms with Gasteiger partial charge in [0.2, 0.25) is 0 Å².